The molecule has 0 amide bonds. The second kappa shape index (κ2) is 6.33. The van der Waals surface area contributed by atoms with E-state index in [2.05, 4.69) is 24.0 Å². The molecule has 5 nitrogen and oxygen atoms in total. The third-order valence-electron chi connectivity index (χ3n) is 2.74. The van der Waals surface area contributed by atoms with Crippen molar-refractivity contribution in [3.05, 3.63) is 41.6 Å². The van der Waals surface area contributed by atoms with Gasteiger partial charge < -0.3 is 14.3 Å². The Balaban J connectivity index is 1.90. The highest BCUT2D eigenvalue weighted by Crippen LogP contribution is 2.19. The average Bonchev–Trinajstić information content (AvgIpc) is 2.85. The molecule has 1 N–H and O–H groups in total. The predicted octanol–water partition coefficient (Wildman–Crippen LogP) is 2.31. The van der Waals surface area contributed by atoms with Gasteiger partial charge in [0.25, 0.3) is 5.89 Å². The number of nitrogens with zero attached hydrogens (tertiary/aromatic N) is 2. The number of aliphatic hydroxyl groups excluding tert-OH is 1. The van der Waals surface area contributed by atoms with Crippen molar-refractivity contribution >= 4 is 0 Å². The summed E-state index contributed by atoms with van der Waals surface area (Å²) in [6.45, 7) is 4.53. The van der Waals surface area contributed by atoms with Crippen LogP contribution in [0.25, 0.3) is 0 Å². The van der Waals surface area contributed by atoms with Crippen molar-refractivity contribution in [2.24, 2.45) is 0 Å². The van der Waals surface area contributed by atoms with Crippen LogP contribution in [0, 0.1) is 0 Å². The minimum atomic E-state index is -0.000839. The second-order valence-corrected chi connectivity index (χ2v) is 4.58. The maximum absolute atomic E-state index is 8.75. The van der Waals surface area contributed by atoms with Crippen molar-refractivity contribution in [1.29, 1.82) is 0 Å². The molecule has 5 heteroatoms. The fourth-order valence-corrected chi connectivity index (χ4v) is 1.64. The first-order valence-corrected chi connectivity index (χ1v) is 6.34. The highest BCUT2D eigenvalue weighted by atomic mass is 16.5. The molecule has 1 heterocycles. The van der Waals surface area contributed by atoms with E-state index in [1.807, 2.05) is 24.3 Å². The molecule has 0 aliphatic rings. The van der Waals surface area contributed by atoms with Gasteiger partial charge in [0, 0.05) is 6.42 Å². The smallest absolute Gasteiger partial charge is 0.253 e. The van der Waals surface area contributed by atoms with Crippen molar-refractivity contribution in [2.45, 2.75) is 32.8 Å². The number of hydrogen-bond acceptors (Lipinski definition) is 5. The first-order valence-electron chi connectivity index (χ1n) is 6.34. The molecule has 2 aromatic rings. The highest BCUT2D eigenvalue weighted by molar-refractivity contribution is 5.28. The lowest BCUT2D eigenvalue weighted by atomic mass is 10.0. The van der Waals surface area contributed by atoms with Crippen molar-refractivity contribution in [1.82, 2.24) is 10.2 Å². The van der Waals surface area contributed by atoms with E-state index in [-0.39, 0.29) is 13.2 Å². The van der Waals surface area contributed by atoms with Crippen molar-refractivity contribution in [3.8, 4) is 5.75 Å². The first-order chi connectivity index (χ1) is 9.19. The molecule has 0 saturated heterocycles. The molecule has 1 aromatic heterocycles. The molecule has 19 heavy (non-hydrogen) atoms. The molecule has 0 atom stereocenters. The zero-order valence-electron chi connectivity index (χ0n) is 11.2. The normalized spacial score (nSPS) is 10.9. The Kier molecular flexibility index (Phi) is 4.52. The molecule has 0 saturated carbocycles. The van der Waals surface area contributed by atoms with Gasteiger partial charge in [0.15, 0.2) is 6.61 Å². The molecule has 0 fully saturated rings. The molecule has 0 aliphatic carbocycles. The van der Waals surface area contributed by atoms with Crippen molar-refractivity contribution in [3.63, 3.8) is 0 Å². The summed E-state index contributed by atoms with van der Waals surface area (Å²) in [5.41, 5.74) is 1.27. The number of hydrogen-bond donors (Lipinski definition) is 1. The molecular weight excluding hydrogens is 244 g/mol. The Morgan fingerprint density at radius 3 is 2.47 bits per heavy atom. The quantitative estimate of drug-likeness (QED) is 0.865. The van der Waals surface area contributed by atoms with Crippen LogP contribution in [0.2, 0.25) is 0 Å². The number of benzene rings is 1. The molecule has 102 valence electrons. The van der Waals surface area contributed by atoms with E-state index in [9.17, 15) is 0 Å². The van der Waals surface area contributed by atoms with Crippen LogP contribution in [0.5, 0.6) is 5.75 Å². The van der Waals surface area contributed by atoms with E-state index < -0.39 is 0 Å². The lowest BCUT2D eigenvalue weighted by molar-refractivity contribution is 0.249. The van der Waals surface area contributed by atoms with Crippen molar-refractivity contribution < 1.29 is 14.3 Å². The van der Waals surface area contributed by atoms with Gasteiger partial charge in [-0.15, -0.1) is 10.2 Å². The van der Waals surface area contributed by atoms with E-state index in [4.69, 9.17) is 14.3 Å². The Hall–Kier alpha value is -1.88. The van der Waals surface area contributed by atoms with Crippen LogP contribution in [0.15, 0.2) is 28.7 Å². The van der Waals surface area contributed by atoms with Crippen LogP contribution in [-0.4, -0.2) is 21.9 Å². The average molecular weight is 262 g/mol. The Labute approximate surface area is 112 Å². The van der Waals surface area contributed by atoms with Gasteiger partial charge >= 0.3 is 0 Å². The second-order valence-electron chi connectivity index (χ2n) is 4.58. The lowest BCUT2D eigenvalue weighted by Crippen LogP contribution is -1.96. The number of aliphatic hydroxyl groups is 1. The Morgan fingerprint density at radius 2 is 1.84 bits per heavy atom. The van der Waals surface area contributed by atoms with Gasteiger partial charge in [0.1, 0.15) is 5.75 Å². The standard InChI is InChI=1S/C14H18N2O3/c1-10(2)11-3-5-12(6-4-11)18-9-14-16-15-13(19-14)7-8-17/h3-6,10,17H,7-9H2,1-2H3. The van der Waals surface area contributed by atoms with Gasteiger partial charge in [0.2, 0.25) is 5.89 Å². The summed E-state index contributed by atoms with van der Waals surface area (Å²) in [5.74, 6) is 2.12. The summed E-state index contributed by atoms with van der Waals surface area (Å²) in [4.78, 5) is 0. The van der Waals surface area contributed by atoms with E-state index in [1.54, 1.807) is 0 Å². The monoisotopic (exact) mass is 262 g/mol. The summed E-state index contributed by atoms with van der Waals surface area (Å²) in [6.07, 6.45) is 0.371. The summed E-state index contributed by atoms with van der Waals surface area (Å²) < 4.78 is 10.9. The molecule has 0 aliphatic heterocycles. The zero-order valence-corrected chi connectivity index (χ0v) is 11.2. The third kappa shape index (κ3) is 3.79. The summed E-state index contributed by atoms with van der Waals surface area (Å²) in [5, 5.41) is 16.4. The van der Waals surface area contributed by atoms with Crippen LogP contribution >= 0.6 is 0 Å². The van der Waals surface area contributed by atoms with E-state index >= 15 is 0 Å². The summed E-state index contributed by atoms with van der Waals surface area (Å²) >= 11 is 0. The summed E-state index contributed by atoms with van der Waals surface area (Å²) in [7, 11) is 0. The first kappa shape index (κ1) is 13.5. The largest absolute Gasteiger partial charge is 0.484 e. The minimum Gasteiger partial charge on any atom is -0.484 e. The van der Waals surface area contributed by atoms with Crippen molar-refractivity contribution in [2.75, 3.05) is 6.61 Å². The number of rotatable bonds is 6. The molecule has 2 rings (SSSR count). The third-order valence-corrected chi connectivity index (χ3v) is 2.74. The van der Waals surface area contributed by atoms with Crippen LogP contribution in [0.4, 0.5) is 0 Å². The lowest BCUT2D eigenvalue weighted by Gasteiger charge is -2.07. The minimum absolute atomic E-state index is 0.000839. The number of ether oxygens (including phenoxy) is 1. The number of aromatic nitrogens is 2. The fraction of sp³-hybridized carbons (Fsp3) is 0.429. The van der Waals surface area contributed by atoms with Crippen LogP contribution in [0.1, 0.15) is 37.1 Å². The Morgan fingerprint density at radius 1 is 1.16 bits per heavy atom. The van der Waals surface area contributed by atoms with Gasteiger partial charge in [-0.25, -0.2) is 0 Å². The van der Waals surface area contributed by atoms with Gasteiger partial charge in [0.05, 0.1) is 6.61 Å². The predicted molar refractivity (Wildman–Crippen MR) is 70.0 cm³/mol. The van der Waals surface area contributed by atoms with E-state index in [0.29, 0.717) is 24.1 Å². The SMILES string of the molecule is CC(C)c1ccc(OCc2nnc(CCO)o2)cc1. The molecule has 0 bridgehead atoms. The van der Waals surface area contributed by atoms with E-state index in [0.717, 1.165) is 5.75 Å². The maximum Gasteiger partial charge on any atom is 0.253 e. The molecule has 1 aromatic carbocycles. The Bertz CT molecular complexity index is 506. The van der Waals surface area contributed by atoms with Gasteiger partial charge in [-0.05, 0) is 23.6 Å². The topological polar surface area (TPSA) is 68.4 Å². The van der Waals surface area contributed by atoms with E-state index in [1.165, 1.54) is 5.56 Å². The van der Waals surface area contributed by atoms with Gasteiger partial charge in [-0.3, -0.25) is 0 Å². The summed E-state index contributed by atoms with van der Waals surface area (Å²) in [6, 6.07) is 7.96. The zero-order chi connectivity index (χ0) is 13.7. The molecule has 0 unspecified atom stereocenters. The fourth-order valence-electron chi connectivity index (χ4n) is 1.64. The van der Waals surface area contributed by atoms with Gasteiger partial charge in [-0.2, -0.15) is 0 Å². The maximum atomic E-state index is 8.75. The van der Waals surface area contributed by atoms with Gasteiger partial charge in [-0.1, -0.05) is 26.0 Å². The molecular formula is C14H18N2O3. The molecule has 0 spiro atoms. The van der Waals surface area contributed by atoms with Crippen LogP contribution in [0.3, 0.4) is 0 Å². The van der Waals surface area contributed by atoms with Crippen LogP contribution in [-0.2, 0) is 13.0 Å². The molecule has 0 radical (unpaired) electrons. The highest BCUT2D eigenvalue weighted by Gasteiger charge is 2.06. The van der Waals surface area contributed by atoms with Crippen LogP contribution < -0.4 is 4.74 Å².